The van der Waals surface area contributed by atoms with Crippen LogP contribution in [0.15, 0.2) is 18.2 Å². The quantitative estimate of drug-likeness (QED) is 0.598. The number of rotatable bonds is 5. The summed E-state index contributed by atoms with van der Waals surface area (Å²) in [5, 5.41) is 0. The highest BCUT2D eigenvalue weighted by atomic mass is 16.5. The average molecular weight is 275 g/mol. The maximum absolute atomic E-state index is 5.91. The Kier molecular flexibility index (Phi) is 5.68. The molecule has 0 saturated heterocycles. The van der Waals surface area contributed by atoms with E-state index in [2.05, 4.69) is 66.7 Å². The third kappa shape index (κ3) is 4.85. The monoisotopic (exact) mass is 275 g/mol. The SMILES string of the molecule is CCCC[CH]Oc1ccc(C(C)(C)C)cc1C(C)(C)C. The fourth-order valence-corrected chi connectivity index (χ4v) is 2.12. The Morgan fingerprint density at radius 1 is 1.00 bits per heavy atom. The predicted octanol–water partition coefficient (Wildman–Crippen LogP) is 6.01. The minimum atomic E-state index is 0.0925. The van der Waals surface area contributed by atoms with E-state index >= 15 is 0 Å². The van der Waals surface area contributed by atoms with E-state index < -0.39 is 0 Å². The van der Waals surface area contributed by atoms with Crippen LogP contribution >= 0.6 is 0 Å². The summed E-state index contributed by atoms with van der Waals surface area (Å²) in [5.74, 6) is 1.00. The number of ether oxygens (including phenoxy) is 1. The van der Waals surface area contributed by atoms with Crippen molar-refractivity contribution in [3.8, 4) is 5.75 Å². The molecule has 1 aromatic carbocycles. The standard InChI is InChI=1S/C19H31O/c1-8-9-10-13-20-17-12-11-15(18(2,3)4)14-16(17)19(5,6)7/h11-14H,8-10H2,1-7H3. The van der Waals surface area contributed by atoms with Crippen molar-refractivity contribution in [3.63, 3.8) is 0 Å². The molecule has 1 rings (SSSR count). The van der Waals surface area contributed by atoms with Crippen LogP contribution in [0, 0.1) is 6.61 Å². The number of benzene rings is 1. The zero-order valence-electron chi connectivity index (χ0n) is 14.3. The van der Waals surface area contributed by atoms with Gasteiger partial charge in [0.05, 0.1) is 0 Å². The second-order valence-electron chi connectivity index (χ2n) is 7.64. The van der Waals surface area contributed by atoms with Crippen LogP contribution in [0.2, 0.25) is 0 Å². The van der Waals surface area contributed by atoms with E-state index in [1.807, 2.05) is 6.61 Å². The molecule has 0 bridgehead atoms. The highest BCUT2D eigenvalue weighted by Crippen LogP contribution is 2.35. The molecule has 0 N–H and O–H groups in total. The Hall–Kier alpha value is -0.980. The Bertz CT molecular complexity index is 418. The molecule has 0 aliphatic carbocycles. The molecule has 1 radical (unpaired) electrons. The summed E-state index contributed by atoms with van der Waals surface area (Å²) >= 11 is 0. The second-order valence-corrected chi connectivity index (χ2v) is 7.64. The lowest BCUT2D eigenvalue weighted by atomic mass is 9.80. The lowest BCUT2D eigenvalue weighted by Crippen LogP contribution is -2.17. The van der Waals surface area contributed by atoms with Gasteiger partial charge in [0, 0.05) is 0 Å². The predicted molar refractivity (Wildman–Crippen MR) is 88.3 cm³/mol. The van der Waals surface area contributed by atoms with Gasteiger partial charge in [-0.25, -0.2) is 0 Å². The van der Waals surface area contributed by atoms with Gasteiger partial charge in [0.25, 0.3) is 0 Å². The third-order valence-electron chi connectivity index (χ3n) is 3.54. The normalized spacial score (nSPS) is 12.6. The minimum absolute atomic E-state index is 0.0925. The van der Waals surface area contributed by atoms with Crippen LogP contribution < -0.4 is 4.74 Å². The Labute approximate surface area is 125 Å². The van der Waals surface area contributed by atoms with Gasteiger partial charge in [-0.2, -0.15) is 0 Å². The van der Waals surface area contributed by atoms with Crippen molar-refractivity contribution in [3.05, 3.63) is 35.9 Å². The van der Waals surface area contributed by atoms with Crippen molar-refractivity contribution in [1.29, 1.82) is 0 Å². The molecule has 0 spiro atoms. The zero-order chi connectivity index (χ0) is 15.4. The number of unbranched alkanes of at least 4 members (excludes halogenated alkanes) is 2. The minimum Gasteiger partial charge on any atom is -0.486 e. The van der Waals surface area contributed by atoms with E-state index in [1.165, 1.54) is 24.0 Å². The van der Waals surface area contributed by atoms with Gasteiger partial charge >= 0.3 is 0 Å². The van der Waals surface area contributed by atoms with Crippen molar-refractivity contribution < 1.29 is 4.74 Å². The molecule has 0 amide bonds. The molecular formula is C19H31O. The molecule has 0 unspecified atom stereocenters. The zero-order valence-corrected chi connectivity index (χ0v) is 14.3. The molecule has 0 atom stereocenters. The van der Waals surface area contributed by atoms with Crippen molar-refractivity contribution >= 4 is 0 Å². The molecule has 0 aliphatic rings. The van der Waals surface area contributed by atoms with Gasteiger partial charge in [-0.1, -0.05) is 67.0 Å². The summed E-state index contributed by atoms with van der Waals surface area (Å²) < 4.78 is 5.91. The summed E-state index contributed by atoms with van der Waals surface area (Å²) in [6.07, 6.45) is 3.40. The molecule has 0 aliphatic heterocycles. The van der Waals surface area contributed by atoms with Crippen LogP contribution in [0.4, 0.5) is 0 Å². The molecule has 1 nitrogen and oxygen atoms in total. The van der Waals surface area contributed by atoms with Gasteiger partial charge < -0.3 is 4.74 Å². The van der Waals surface area contributed by atoms with Crippen LogP contribution in [0.25, 0.3) is 0 Å². The molecule has 0 saturated carbocycles. The van der Waals surface area contributed by atoms with Gasteiger partial charge in [0.15, 0.2) is 0 Å². The largest absolute Gasteiger partial charge is 0.486 e. The summed E-state index contributed by atoms with van der Waals surface area (Å²) in [6, 6.07) is 6.63. The van der Waals surface area contributed by atoms with Gasteiger partial charge in [0.2, 0.25) is 0 Å². The highest BCUT2D eigenvalue weighted by molar-refractivity contribution is 5.43. The summed E-state index contributed by atoms with van der Waals surface area (Å²) in [7, 11) is 0. The third-order valence-corrected chi connectivity index (χ3v) is 3.54. The molecule has 0 aromatic heterocycles. The van der Waals surface area contributed by atoms with Crippen LogP contribution in [-0.2, 0) is 10.8 Å². The maximum atomic E-state index is 5.91. The van der Waals surface area contributed by atoms with Crippen LogP contribution in [0.1, 0.15) is 78.9 Å². The van der Waals surface area contributed by atoms with E-state index in [0.29, 0.717) is 0 Å². The van der Waals surface area contributed by atoms with Crippen LogP contribution in [0.5, 0.6) is 5.75 Å². The Balaban J connectivity index is 2.99. The van der Waals surface area contributed by atoms with Gasteiger partial charge in [-0.3, -0.25) is 0 Å². The number of hydrogen-bond donors (Lipinski definition) is 0. The molecule has 0 fully saturated rings. The first-order valence-electron chi connectivity index (χ1n) is 7.79. The van der Waals surface area contributed by atoms with Gasteiger partial charge in [0.1, 0.15) is 12.4 Å². The van der Waals surface area contributed by atoms with Crippen LogP contribution in [0.3, 0.4) is 0 Å². The average Bonchev–Trinajstić information content (AvgIpc) is 2.32. The molecule has 20 heavy (non-hydrogen) atoms. The topological polar surface area (TPSA) is 9.23 Å². The Morgan fingerprint density at radius 3 is 2.15 bits per heavy atom. The van der Waals surface area contributed by atoms with Gasteiger partial charge in [-0.15, -0.1) is 0 Å². The molecule has 1 aromatic rings. The molecular weight excluding hydrogens is 244 g/mol. The molecule has 1 heteroatoms. The van der Waals surface area contributed by atoms with Crippen molar-refractivity contribution in [2.45, 2.75) is 78.6 Å². The first-order valence-corrected chi connectivity index (χ1v) is 7.79. The second kappa shape index (κ2) is 6.65. The van der Waals surface area contributed by atoms with E-state index in [-0.39, 0.29) is 10.8 Å². The lowest BCUT2D eigenvalue weighted by molar-refractivity contribution is 0.372. The lowest BCUT2D eigenvalue weighted by Gasteiger charge is -2.27. The molecule has 113 valence electrons. The van der Waals surface area contributed by atoms with Crippen molar-refractivity contribution in [1.82, 2.24) is 0 Å². The van der Waals surface area contributed by atoms with E-state index in [1.54, 1.807) is 0 Å². The van der Waals surface area contributed by atoms with E-state index in [0.717, 1.165) is 12.2 Å². The first-order chi connectivity index (χ1) is 9.16. The first kappa shape index (κ1) is 17.1. The Morgan fingerprint density at radius 2 is 1.65 bits per heavy atom. The van der Waals surface area contributed by atoms with E-state index in [4.69, 9.17) is 4.74 Å². The highest BCUT2D eigenvalue weighted by Gasteiger charge is 2.22. The van der Waals surface area contributed by atoms with Crippen molar-refractivity contribution in [2.75, 3.05) is 0 Å². The molecule has 0 heterocycles. The number of hydrogen-bond acceptors (Lipinski definition) is 1. The van der Waals surface area contributed by atoms with Gasteiger partial charge in [-0.05, 0) is 40.9 Å². The summed E-state index contributed by atoms with van der Waals surface area (Å²) in [5.41, 5.74) is 2.92. The van der Waals surface area contributed by atoms with Crippen LogP contribution in [-0.4, -0.2) is 0 Å². The van der Waals surface area contributed by atoms with Crippen molar-refractivity contribution in [2.24, 2.45) is 0 Å². The maximum Gasteiger partial charge on any atom is 0.135 e. The smallest absolute Gasteiger partial charge is 0.135 e. The summed E-state index contributed by atoms with van der Waals surface area (Å²) in [6.45, 7) is 17.6. The fourth-order valence-electron chi connectivity index (χ4n) is 2.12. The van der Waals surface area contributed by atoms with E-state index in [9.17, 15) is 0 Å². The summed E-state index contributed by atoms with van der Waals surface area (Å²) in [4.78, 5) is 0. The fraction of sp³-hybridized carbons (Fsp3) is 0.632.